The van der Waals surface area contributed by atoms with E-state index in [1.54, 1.807) is 0 Å². The minimum atomic E-state index is -0.301. The lowest BCUT2D eigenvalue weighted by molar-refractivity contribution is -0.127. The number of anilines is 1. The summed E-state index contributed by atoms with van der Waals surface area (Å²) in [7, 11) is 0. The fraction of sp³-hybridized carbons (Fsp3) is 0.733. The smallest absolute Gasteiger partial charge is 0.249 e. The van der Waals surface area contributed by atoms with Crippen molar-refractivity contribution in [3.05, 3.63) is 11.4 Å². The molecule has 0 spiro atoms. The average Bonchev–Trinajstić information content (AvgIpc) is 2.55. The van der Waals surface area contributed by atoms with Crippen LogP contribution in [0.5, 0.6) is 0 Å². The van der Waals surface area contributed by atoms with Crippen molar-refractivity contribution < 1.29 is 4.79 Å². The highest BCUT2D eigenvalue weighted by Crippen LogP contribution is 2.33. The molecule has 1 aliphatic heterocycles. The molecule has 2 rings (SSSR count). The molecular formula is C15H25N5O. The molecule has 0 bridgehead atoms. The largest absolute Gasteiger partial charge is 0.317 e. The van der Waals surface area contributed by atoms with Crippen LogP contribution < -0.4 is 10.6 Å². The lowest BCUT2D eigenvalue weighted by Gasteiger charge is -2.34. The number of aryl methyl sites for hydroxylation is 2. The van der Waals surface area contributed by atoms with Crippen LogP contribution >= 0.6 is 0 Å². The van der Waals surface area contributed by atoms with E-state index >= 15 is 0 Å². The minimum absolute atomic E-state index is 0.0274. The van der Waals surface area contributed by atoms with E-state index in [-0.39, 0.29) is 11.3 Å². The number of carbonyl (C=O) groups is 1. The first-order valence-corrected chi connectivity index (χ1v) is 7.89. The standard InChI is InChI=1S/C15H25N5O/c1-4-11-12(5-2)19-20-14(17-11)18-13(21)15(6-3)7-9-16-10-8-15/h16H,4-10H2,1-3H3,(H,17,18,20,21). The molecule has 2 N–H and O–H groups in total. The van der Waals surface area contributed by atoms with Gasteiger partial charge in [-0.3, -0.25) is 10.1 Å². The molecule has 0 unspecified atom stereocenters. The molecule has 0 aliphatic carbocycles. The van der Waals surface area contributed by atoms with Crippen molar-refractivity contribution in [3.63, 3.8) is 0 Å². The average molecular weight is 291 g/mol. The van der Waals surface area contributed by atoms with Gasteiger partial charge in [0.2, 0.25) is 11.9 Å². The molecule has 0 aromatic carbocycles. The van der Waals surface area contributed by atoms with E-state index < -0.39 is 0 Å². The van der Waals surface area contributed by atoms with Crippen LogP contribution in [-0.2, 0) is 17.6 Å². The summed E-state index contributed by atoms with van der Waals surface area (Å²) in [5.74, 6) is 0.361. The zero-order valence-corrected chi connectivity index (χ0v) is 13.2. The molecular weight excluding hydrogens is 266 g/mol. The first kappa shape index (κ1) is 15.8. The summed E-state index contributed by atoms with van der Waals surface area (Å²) in [5.41, 5.74) is 1.52. The van der Waals surface area contributed by atoms with Gasteiger partial charge in [0.1, 0.15) is 0 Å². The maximum atomic E-state index is 12.6. The van der Waals surface area contributed by atoms with Crippen LogP contribution in [0.2, 0.25) is 0 Å². The first-order chi connectivity index (χ1) is 10.1. The predicted molar refractivity (Wildman–Crippen MR) is 82.0 cm³/mol. The van der Waals surface area contributed by atoms with Crippen LogP contribution in [0.4, 0.5) is 5.95 Å². The van der Waals surface area contributed by atoms with Gasteiger partial charge in [0.15, 0.2) is 0 Å². The maximum absolute atomic E-state index is 12.6. The zero-order valence-electron chi connectivity index (χ0n) is 13.2. The quantitative estimate of drug-likeness (QED) is 0.863. The second kappa shape index (κ2) is 6.93. The highest BCUT2D eigenvalue weighted by Gasteiger charge is 2.38. The van der Waals surface area contributed by atoms with E-state index in [4.69, 9.17) is 0 Å². The fourth-order valence-electron chi connectivity index (χ4n) is 2.87. The SMILES string of the molecule is CCc1nnc(NC(=O)C2(CC)CCNCC2)nc1CC. The Bertz CT molecular complexity index is 497. The monoisotopic (exact) mass is 291 g/mol. The molecule has 6 heteroatoms. The van der Waals surface area contributed by atoms with Crippen molar-refractivity contribution in [1.82, 2.24) is 20.5 Å². The highest BCUT2D eigenvalue weighted by molar-refractivity contribution is 5.93. The number of nitrogens with one attached hydrogen (secondary N) is 2. The molecule has 116 valence electrons. The Morgan fingerprint density at radius 3 is 2.38 bits per heavy atom. The number of piperidine rings is 1. The Morgan fingerprint density at radius 1 is 1.14 bits per heavy atom. The van der Waals surface area contributed by atoms with Crippen LogP contribution in [0.25, 0.3) is 0 Å². The molecule has 1 saturated heterocycles. The van der Waals surface area contributed by atoms with E-state index in [1.165, 1.54) is 0 Å². The van der Waals surface area contributed by atoms with Gasteiger partial charge in [-0.05, 0) is 45.2 Å². The molecule has 21 heavy (non-hydrogen) atoms. The van der Waals surface area contributed by atoms with Gasteiger partial charge in [0.05, 0.1) is 16.8 Å². The van der Waals surface area contributed by atoms with Crippen molar-refractivity contribution in [2.45, 2.75) is 52.9 Å². The third-order valence-corrected chi connectivity index (χ3v) is 4.45. The van der Waals surface area contributed by atoms with Gasteiger partial charge in [-0.1, -0.05) is 20.8 Å². The molecule has 1 fully saturated rings. The van der Waals surface area contributed by atoms with Gasteiger partial charge >= 0.3 is 0 Å². The molecule has 1 aliphatic rings. The number of hydrogen-bond donors (Lipinski definition) is 2. The van der Waals surface area contributed by atoms with Gasteiger partial charge < -0.3 is 5.32 Å². The molecule has 0 saturated carbocycles. The Hall–Kier alpha value is -1.56. The van der Waals surface area contributed by atoms with Crippen LogP contribution in [0, 0.1) is 5.41 Å². The number of hydrogen-bond acceptors (Lipinski definition) is 5. The number of nitrogens with zero attached hydrogens (tertiary/aromatic N) is 3. The van der Waals surface area contributed by atoms with E-state index in [0.717, 1.165) is 56.6 Å². The van der Waals surface area contributed by atoms with Crippen LogP contribution in [0.3, 0.4) is 0 Å². The Balaban J connectivity index is 2.15. The summed E-state index contributed by atoms with van der Waals surface area (Å²) < 4.78 is 0. The summed E-state index contributed by atoms with van der Waals surface area (Å²) in [5, 5.41) is 14.4. The molecule has 6 nitrogen and oxygen atoms in total. The van der Waals surface area contributed by atoms with Gasteiger partial charge in [-0.2, -0.15) is 0 Å². The minimum Gasteiger partial charge on any atom is -0.317 e. The van der Waals surface area contributed by atoms with E-state index in [2.05, 4.69) is 32.7 Å². The van der Waals surface area contributed by atoms with Crippen molar-refractivity contribution >= 4 is 11.9 Å². The maximum Gasteiger partial charge on any atom is 0.249 e. The summed E-state index contributed by atoms with van der Waals surface area (Å²) in [4.78, 5) is 17.1. The topological polar surface area (TPSA) is 79.8 Å². The number of carbonyl (C=O) groups excluding carboxylic acids is 1. The van der Waals surface area contributed by atoms with Crippen molar-refractivity contribution in [2.24, 2.45) is 5.41 Å². The van der Waals surface area contributed by atoms with Crippen LogP contribution in [-0.4, -0.2) is 34.2 Å². The summed E-state index contributed by atoms with van der Waals surface area (Å²) in [6, 6.07) is 0. The highest BCUT2D eigenvalue weighted by atomic mass is 16.2. The second-order valence-electron chi connectivity index (χ2n) is 5.57. The summed E-state index contributed by atoms with van der Waals surface area (Å²) in [6.45, 7) is 7.91. The molecule has 2 heterocycles. The van der Waals surface area contributed by atoms with Crippen molar-refractivity contribution in [2.75, 3.05) is 18.4 Å². The normalized spacial score (nSPS) is 17.5. The van der Waals surface area contributed by atoms with Crippen LogP contribution in [0.15, 0.2) is 0 Å². The predicted octanol–water partition coefficient (Wildman–Crippen LogP) is 1.71. The molecule has 0 atom stereocenters. The second-order valence-corrected chi connectivity index (χ2v) is 5.57. The Labute approximate surface area is 126 Å². The molecule has 1 amide bonds. The third kappa shape index (κ3) is 3.37. The number of amides is 1. The van der Waals surface area contributed by atoms with Gasteiger partial charge in [0.25, 0.3) is 0 Å². The first-order valence-electron chi connectivity index (χ1n) is 7.89. The lowest BCUT2D eigenvalue weighted by atomic mass is 9.76. The number of aromatic nitrogens is 3. The van der Waals surface area contributed by atoms with E-state index in [9.17, 15) is 4.79 Å². The molecule has 0 radical (unpaired) electrons. The fourth-order valence-corrected chi connectivity index (χ4v) is 2.87. The third-order valence-electron chi connectivity index (χ3n) is 4.45. The Kier molecular flexibility index (Phi) is 5.22. The Morgan fingerprint density at radius 2 is 1.81 bits per heavy atom. The molecule has 1 aromatic heterocycles. The summed E-state index contributed by atoms with van der Waals surface area (Å²) >= 11 is 0. The summed E-state index contributed by atoms with van der Waals surface area (Å²) in [6.07, 6.45) is 4.15. The van der Waals surface area contributed by atoms with Gasteiger partial charge in [-0.25, -0.2) is 4.98 Å². The van der Waals surface area contributed by atoms with E-state index in [1.807, 2.05) is 13.8 Å². The van der Waals surface area contributed by atoms with Crippen LogP contribution in [0.1, 0.15) is 51.4 Å². The van der Waals surface area contributed by atoms with Gasteiger partial charge in [0, 0.05) is 0 Å². The van der Waals surface area contributed by atoms with Crippen molar-refractivity contribution in [1.29, 1.82) is 0 Å². The van der Waals surface area contributed by atoms with Gasteiger partial charge in [-0.15, -0.1) is 10.2 Å². The lowest BCUT2D eigenvalue weighted by Crippen LogP contribution is -2.44. The zero-order chi connectivity index (χ0) is 15.3. The molecule has 1 aromatic rings. The van der Waals surface area contributed by atoms with E-state index in [0.29, 0.717) is 5.95 Å². The number of rotatable bonds is 5. The van der Waals surface area contributed by atoms with Crippen molar-refractivity contribution in [3.8, 4) is 0 Å².